The molecule has 3 aliphatic rings. The van der Waals surface area contributed by atoms with E-state index in [9.17, 15) is 32.2 Å². The minimum atomic E-state index is -2.32. The van der Waals surface area contributed by atoms with Gasteiger partial charge in [0, 0.05) is 23.0 Å². The summed E-state index contributed by atoms with van der Waals surface area (Å²) in [6, 6.07) is 14.6. The lowest BCUT2D eigenvalue weighted by atomic mass is 9.62. The smallest absolute Gasteiger partial charge is 0.203 e. The van der Waals surface area contributed by atoms with Gasteiger partial charge >= 0.3 is 0 Å². The number of benzene rings is 3. The Kier molecular flexibility index (Phi) is 3.62. The van der Waals surface area contributed by atoms with E-state index in [4.69, 9.17) is 0 Å². The van der Waals surface area contributed by atoms with Crippen LogP contribution in [0.4, 0.5) is 22.0 Å². The lowest BCUT2D eigenvalue weighted by Gasteiger charge is -2.40. The van der Waals surface area contributed by atoms with Crippen LogP contribution in [0.3, 0.4) is 0 Å². The maximum absolute atomic E-state index is 14.6. The molecule has 3 aliphatic carbocycles. The Hall–Kier alpha value is -3.81. The predicted molar refractivity (Wildman–Crippen MR) is 104 cm³/mol. The second-order valence-electron chi connectivity index (χ2n) is 7.85. The third-order valence-corrected chi connectivity index (χ3v) is 6.42. The number of hydrogen-bond acceptors (Lipinski definition) is 2. The normalized spacial score (nSPS) is 17.8. The van der Waals surface area contributed by atoms with Gasteiger partial charge < -0.3 is 10.2 Å². The first-order valence-corrected chi connectivity index (χ1v) is 9.70. The summed E-state index contributed by atoms with van der Waals surface area (Å²) in [4.78, 5) is 0. The van der Waals surface area contributed by atoms with Crippen molar-refractivity contribution in [3.05, 3.63) is 111 Å². The number of hydrogen-bond donors (Lipinski definition) is 2. The van der Waals surface area contributed by atoms with Crippen LogP contribution in [0.2, 0.25) is 0 Å². The molecule has 0 aliphatic heterocycles. The van der Waals surface area contributed by atoms with Crippen molar-refractivity contribution in [2.24, 2.45) is 0 Å². The van der Waals surface area contributed by atoms with E-state index in [-0.39, 0.29) is 11.1 Å². The van der Waals surface area contributed by atoms with E-state index in [1.165, 1.54) is 0 Å². The van der Waals surface area contributed by atoms with Gasteiger partial charge in [-0.15, -0.1) is 0 Å². The van der Waals surface area contributed by atoms with E-state index >= 15 is 0 Å². The Morgan fingerprint density at radius 3 is 1.19 bits per heavy atom. The quantitative estimate of drug-likeness (QED) is 0.199. The minimum Gasteiger partial charge on any atom is -0.494 e. The van der Waals surface area contributed by atoms with Gasteiger partial charge in [0.2, 0.25) is 17.6 Å². The molecule has 3 aromatic carbocycles. The van der Waals surface area contributed by atoms with Gasteiger partial charge in [0.05, 0.1) is 0 Å². The molecule has 0 spiro atoms. The Morgan fingerprint density at radius 1 is 0.531 bits per heavy atom. The molecule has 160 valence electrons. The molecule has 8 heteroatoms. The van der Waals surface area contributed by atoms with Crippen LogP contribution in [-0.4, -0.2) is 14.8 Å². The standard InChI is InChI=1S/C24H12F5NO2/c25-17-18(26)20(28)22(21(29)19(17)27)30-23(31)15-13-9-5-1-2-6-10(9)14(16(15)24(30)32)12-8-4-3-7-11(12)13/h1-8,13-14,31-32H. The summed E-state index contributed by atoms with van der Waals surface area (Å²) in [7, 11) is 0. The van der Waals surface area contributed by atoms with Gasteiger partial charge in [-0.2, -0.15) is 0 Å². The van der Waals surface area contributed by atoms with Crippen LogP contribution in [0.25, 0.3) is 5.69 Å². The van der Waals surface area contributed by atoms with Crippen molar-refractivity contribution in [2.45, 2.75) is 11.8 Å². The summed E-state index contributed by atoms with van der Waals surface area (Å²) in [5.41, 5.74) is 2.23. The zero-order valence-corrected chi connectivity index (χ0v) is 16.0. The molecule has 0 atom stereocenters. The Balaban J connectivity index is 1.73. The van der Waals surface area contributed by atoms with Gasteiger partial charge in [0.1, 0.15) is 5.69 Å². The Labute approximate surface area is 177 Å². The third kappa shape index (κ3) is 2.04. The van der Waals surface area contributed by atoms with Gasteiger partial charge in [-0.1, -0.05) is 48.5 Å². The monoisotopic (exact) mass is 441 g/mol. The lowest BCUT2D eigenvalue weighted by molar-refractivity contribution is 0.358. The molecule has 0 saturated heterocycles. The van der Waals surface area contributed by atoms with Crippen LogP contribution in [0.5, 0.6) is 11.8 Å². The highest BCUT2D eigenvalue weighted by atomic mass is 19.2. The Bertz CT molecular complexity index is 1330. The molecule has 7 rings (SSSR count). The van der Waals surface area contributed by atoms with Crippen molar-refractivity contribution in [1.82, 2.24) is 4.57 Å². The Morgan fingerprint density at radius 2 is 0.844 bits per heavy atom. The SMILES string of the molecule is Oc1c2c(c(O)n1-c1c(F)c(F)c(F)c(F)c1F)C1c3ccccc3C2c2ccccc21. The van der Waals surface area contributed by atoms with E-state index in [1.54, 1.807) is 24.3 Å². The molecule has 2 N–H and O–H groups in total. The molecule has 0 unspecified atom stereocenters. The second kappa shape index (κ2) is 6.12. The highest BCUT2D eigenvalue weighted by Gasteiger charge is 2.47. The number of rotatable bonds is 1. The molecule has 32 heavy (non-hydrogen) atoms. The molecule has 0 fully saturated rings. The van der Waals surface area contributed by atoms with Crippen molar-refractivity contribution in [1.29, 1.82) is 0 Å². The first-order chi connectivity index (χ1) is 15.3. The van der Waals surface area contributed by atoms with Gasteiger partial charge in [-0.3, -0.25) is 0 Å². The molecular weight excluding hydrogens is 429 g/mol. The van der Waals surface area contributed by atoms with E-state index in [0.29, 0.717) is 4.57 Å². The summed E-state index contributed by atoms with van der Waals surface area (Å²) in [6.07, 6.45) is 0. The number of aromatic nitrogens is 1. The van der Waals surface area contributed by atoms with Crippen LogP contribution < -0.4 is 0 Å². The van der Waals surface area contributed by atoms with Gasteiger partial charge in [-0.05, 0) is 22.3 Å². The highest BCUT2D eigenvalue weighted by molar-refractivity contribution is 5.73. The molecule has 0 radical (unpaired) electrons. The predicted octanol–water partition coefficient (Wildman–Crippen LogP) is 5.57. The van der Waals surface area contributed by atoms with E-state index in [0.717, 1.165) is 22.3 Å². The first kappa shape index (κ1) is 18.9. The van der Waals surface area contributed by atoms with Crippen molar-refractivity contribution >= 4 is 0 Å². The number of aromatic hydroxyl groups is 2. The maximum Gasteiger partial charge on any atom is 0.203 e. The highest BCUT2D eigenvalue weighted by Crippen LogP contribution is 2.61. The average molecular weight is 441 g/mol. The van der Waals surface area contributed by atoms with Crippen molar-refractivity contribution in [2.75, 3.05) is 0 Å². The molecular formula is C24H12F5NO2. The summed E-state index contributed by atoms with van der Waals surface area (Å²) >= 11 is 0. The zero-order chi connectivity index (χ0) is 22.5. The second-order valence-corrected chi connectivity index (χ2v) is 7.85. The molecule has 2 bridgehead atoms. The van der Waals surface area contributed by atoms with E-state index in [2.05, 4.69) is 0 Å². The fourth-order valence-corrected chi connectivity index (χ4v) is 5.18. The van der Waals surface area contributed by atoms with Crippen LogP contribution >= 0.6 is 0 Å². The largest absolute Gasteiger partial charge is 0.494 e. The fourth-order valence-electron chi connectivity index (χ4n) is 5.18. The molecule has 1 aromatic heterocycles. The van der Waals surface area contributed by atoms with E-state index < -0.39 is 58.4 Å². The van der Waals surface area contributed by atoms with Crippen molar-refractivity contribution < 1.29 is 32.2 Å². The average Bonchev–Trinajstić information content (AvgIpc) is 3.07. The molecule has 3 nitrogen and oxygen atoms in total. The zero-order valence-electron chi connectivity index (χ0n) is 16.0. The van der Waals surface area contributed by atoms with Crippen LogP contribution in [0.15, 0.2) is 48.5 Å². The van der Waals surface area contributed by atoms with Gasteiger partial charge in [0.25, 0.3) is 0 Å². The third-order valence-electron chi connectivity index (χ3n) is 6.42. The van der Waals surface area contributed by atoms with Crippen molar-refractivity contribution in [3.63, 3.8) is 0 Å². The number of nitrogens with zero attached hydrogens (tertiary/aromatic N) is 1. The summed E-state index contributed by atoms with van der Waals surface area (Å²) in [5, 5.41) is 22.0. The van der Waals surface area contributed by atoms with Crippen LogP contribution in [0, 0.1) is 29.1 Å². The molecule has 0 amide bonds. The summed E-state index contributed by atoms with van der Waals surface area (Å²) in [5.74, 6) is -13.7. The fraction of sp³-hybridized carbons (Fsp3) is 0.0833. The van der Waals surface area contributed by atoms with Crippen LogP contribution in [-0.2, 0) is 0 Å². The number of halogens is 5. The van der Waals surface area contributed by atoms with Crippen LogP contribution in [0.1, 0.15) is 45.2 Å². The first-order valence-electron chi connectivity index (χ1n) is 9.70. The molecule has 4 aromatic rings. The maximum atomic E-state index is 14.6. The minimum absolute atomic E-state index is 0.175. The van der Waals surface area contributed by atoms with E-state index in [1.807, 2.05) is 24.3 Å². The molecule has 0 saturated carbocycles. The van der Waals surface area contributed by atoms with Gasteiger partial charge in [0.15, 0.2) is 23.3 Å². The van der Waals surface area contributed by atoms with Crippen molar-refractivity contribution in [3.8, 4) is 17.4 Å². The topological polar surface area (TPSA) is 45.4 Å². The lowest BCUT2D eigenvalue weighted by Crippen LogP contribution is -2.26. The summed E-state index contributed by atoms with van der Waals surface area (Å²) in [6.45, 7) is 0. The molecule has 1 heterocycles. The summed E-state index contributed by atoms with van der Waals surface area (Å²) < 4.78 is 70.8. The van der Waals surface area contributed by atoms with Gasteiger partial charge in [-0.25, -0.2) is 26.5 Å².